The summed E-state index contributed by atoms with van der Waals surface area (Å²) in [4.78, 5) is 0.369. The second kappa shape index (κ2) is 6.90. The summed E-state index contributed by atoms with van der Waals surface area (Å²) in [5.74, 6) is 1.95. The molecule has 0 amide bonds. The average molecular weight is 429 g/mol. The minimum absolute atomic E-state index is 0.368. The van der Waals surface area contributed by atoms with Crippen LogP contribution in [0.15, 0.2) is 45.3 Å². The van der Waals surface area contributed by atoms with E-state index in [0.717, 1.165) is 31.6 Å². The number of thiocarbonyl (C=S) groups is 1. The lowest BCUT2D eigenvalue weighted by Crippen LogP contribution is -2.09. The quantitative estimate of drug-likeness (QED) is 0.628. The molecule has 5 heteroatoms. The Morgan fingerprint density at radius 1 is 1.10 bits per heavy atom. The summed E-state index contributed by atoms with van der Waals surface area (Å²) >= 11 is 12.0. The summed E-state index contributed by atoms with van der Waals surface area (Å²) in [5.41, 5.74) is 7.59. The zero-order chi connectivity index (χ0) is 15.6. The number of nitrogens with two attached hydrogens (primary N) is 1. The molecule has 0 aromatic heterocycles. The summed E-state index contributed by atoms with van der Waals surface area (Å²) in [7, 11) is 0. The Morgan fingerprint density at radius 2 is 1.76 bits per heavy atom. The van der Waals surface area contributed by atoms with Gasteiger partial charge in [0, 0.05) is 10.0 Å². The summed E-state index contributed by atoms with van der Waals surface area (Å²) < 4.78 is 7.91. The predicted octanol–water partition coefficient (Wildman–Crippen LogP) is 5.76. The van der Waals surface area contributed by atoms with Crippen LogP contribution in [0.5, 0.6) is 11.5 Å². The third-order valence-corrected chi connectivity index (χ3v) is 4.38. The van der Waals surface area contributed by atoms with Gasteiger partial charge < -0.3 is 10.5 Å². The van der Waals surface area contributed by atoms with E-state index in [9.17, 15) is 0 Å². The maximum absolute atomic E-state index is 6.04. The molecule has 0 bridgehead atoms. The maximum Gasteiger partial charge on any atom is 0.141 e. The van der Waals surface area contributed by atoms with Gasteiger partial charge in [0.15, 0.2) is 0 Å². The van der Waals surface area contributed by atoms with Crippen molar-refractivity contribution in [2.45, 2.75) is 19.8 Å². The van der Waals surface area contributed by atoms with Gasteiger partial charge in [-0.2, -0.15) is 0 Å². The Hall–Kier alpha value is -0.910. The van der Waals surface area contributed by atoms with Crippen LogP contribution in [0.3, 0.4) is 0 Å². The van der Waals surface area contributed by atoms with Gasteiger partial charge in [-0.05, 0) is 63.8 Å². The number of hydrogen-bond acceptors (Lipinski definition) is 2. The van der Waals surface area contributed by atoms with Gasteiger partial charge in [-0.15, -0.1) is 0 Å². The average Bonchev–Trinajstić information content (AvgIpc) is 2.42. The highest BCUT2D eigenvalue weighted by molar-refractivity contribution is 9.10. The van der Waals surface area contributed by atoms with Crippen LogP contribution in [-0.4, -0.2) is 4.99 Å². The lowest BCUT2D eigenvalue weighted by molar-refractivity contribution is 0.470. The van der Waals surface area contributed by atoms with Crippen molar-refractivity contribution in [3.05, 3.63) is 56.5 Å². The minimum Gasteiger partial charge on any atom is -0.456 e. The van der Waals surface area contributed by atoms with Gasteiger partial charge in [0.25, 0.3) is 0 Å². The van der Waals surface area contributed by atoms with E-state index < -0.39 is 0 Å². The van der Waals surface area contributed by atoms with Crippen LogP contribution in [-0.2, 0) is 0 Å². The van der Waals surface area contributed by atoms with Crippen molar-refractivity contribution >= 4 is 49.1 Å². The molecule has 0 aliphatic carbocycles. The van der Waals surface area contributed by atoms with Gasteiger partial charge in [-0.25, -0.2) is 0 Å². The molecule has 21 heavy (non-hydrogen) atoms. The normalized spacial score (nSPS) is 10.7. The molecule has 0 saturated carbocycles. The lowest BCUT2D eigenvalue weighted by Gasteiger charge is -2.15. The van der Waals surface area contributed by atoms with Crippen molar-refractivity contribution in [3.8, 4) is 11.5 Å². The topological polar surface area (TPSA) is 35.2 Å². The molecular formula is C16H15Br2NOS. The molecule has 2 N–H and O–H groups in total. The van der Waals surface area contributed by atoms with Crippen molar-refractivity contribution in [2.75, 3.05) is 0 Å². The van der Waals surface area contributed by atoms with Crippen molar-refractivity contribution < 1.29 is 4.74 Å². The fraction of sp³-hybridized carbons (Fsp3) is 0.188. The first-order chi connectivity index (χ1) is 9.88. The Kier molecular flexibility index (Phi) is 5.41. The fourth-order valence-corrected chi connectivity index (χ4v) is 2.88. The number of rotatable bonds is 4. The van der Waals surface area contributed by atoms with E-state index in [1.165, 1.54) is 0 Å². The molecule has 2 nitrogen and oxygen atoms in total. The highest BCUT2D eigenvalue weighted by Crippen LogP contribution is 2.36. The van der Waals surface area contributed by atoms with Crippen molar-refractivity contribution in [2.24, 2.45) is 5.73 Å². The molecule has 0 atom stereocenters. The number of ether oxygens (including phenoxy) is 1. The summed E-state index contributed by atoms with van der Waals surface area (Å²) in [6, 6.07) is 11.6. The standard InChI is InChI=1S/C16H15Br2NOS/c1-9(2)12-8-11(17)4-6-14(12)20-15-5-3-10(16(19)21)7-13(15)18/h3-9H,1-2H3,(H2,19,21). The van der Waals surface area contributed by atoms with Gasteiger partial charge in [-0.1, -0.05) is 42.0 Å². The van der Waals surface area contributed by atoms with Crippen LogP contribution in [0, 0.1) is 0 Å². The molecule has 2 aromatic rings. The van der Waals surface area contributed by atoms with Crippen LogP contribution in [0.2, 0.25) is 0 Å². The molecule has 0 unspecified atom stereocenters. The molecule has 0 aliphatic rings. The SMILES string of the molecule is CC(C)c1cc(Br)ccc1Oc1ccc(C(N)=S)cc1Br. The molecule has 0 aliphatic heterocycles. The van der Waals surface area contributed by atoms with E-state index in [0.29, 0.717) is 10.9 Å². The maximum atomic E-state index is 6.04. The first-order valence-electron chi connectivity index (χ1n) is 6.45. The highest BCUT2D eigenvalue weighted by Gasteiger charge is 2.12. The van der Waals surface area contributed by atoms with E-state index in [1.807, 2.05) is 30.3 Å². The second-order valence-corrected chi connectivity index (χ2v) is 7.16. The molecule has 0 fully saturated rings. The minimum atomic E-state index is 0.368. The monoisotopic (exact) mass is 427 g/mol. The van der Waals surface area contributed by atoms with E-state index in [4.69, 9.17) is 22.7 Å². The van der Waals surface area contributed by atoms with E-state index in [1.54, 1.807) is 0 Å². The van der Waals surface area contributed by atoms with Crippen LogP contribution < -0.4 is 10.5 Å². The molecule has 2 rings (SSSR count). The Labute approximate surface area is 146 Å². The third-order valence-electron chi connectivity index (χ3n) is 3.03. The van der Waals surface area contributed by atoms with Gasteiger partial charge in [0.05, 0.1) is 4.47 Å². The Bertz CT molecular complexity index is 686. The van der Waals surface area contributed by atoms with Crippen molar-refractivity contribution in [1.29, 1.82) is 0 Å². The Morgan fingerprint density at radius 3 is 2.33 bits per heavy atom. The molecule has 0 heterocycles. The largest absolute Gasteiger partial charge is 0.456 e. The molecule has 110 valence electrons. The van der Waals surface area contributed by atoms with Gasteiger partial charge in [-0.3, -0.25) is 0 Å². The second-order valence-electron chi connectivity index (χ2n) is 4.95. The zero-order valence-electron chi connectivity index (χ0n) is 11.7. The summed E-state index contributed by atoms with van der Waals surface area (Å²) in [6.45, 7) is 4.28. The van der Waals surface area contributed by atoms with Gasteiger partial charge in [0.2, 0.25) is 0 Å². The molecule has 0 saturated heterocycles. The number of halogens is 2. The molecule has 0 spiro atoms. The fourth-order valence-electron chi connectivity index (χ4n) is 1.92. The smallest absolute Gasteiger partial charge is 0.141 e. The Balaban J connectivity index is 2.36. The van der Waals surface area contributed by atoms with E-state index in [-0.39, 0.29) is 0 Å². The van der Waals surface area contributed by atoms with Crippen molar-refractivity contribution in [3.63, 3.8) is 0 Å². The summed E-state index contributed by atoms with van der Waals surface area (Å²) in [5, 5.41) is 0. The van der Waals surface area contributed by atoms with Gasteiger partial charge in [0.1, 0.15) is 16.5 Å². The highest BCUT2D eigenvalue weighted by atomic mass is 79.9. The van der Waals surface area contributed by atoms with Crippen LogP contribution >= 0.6 is 44.1 Å². The number of hydrogen-bond donors (Lipinski definition) is 1. The van der Waals surface area contributed by atoms with E-state index in [2.05, 4.69) is 51.8 Å². The first-order valence-corrected chi connectivity index (χ1v) is 8.44. The van der Waals surface area contributed by atoms with Crippen LogP contribution in [0.1, 0.15) is 30.9 Å². The molecule has 2 aromatic carbocycles. The van der Waals surface area contributed by atoms with Crippen LogP contribution in [0.25, 0.3) is 0 Å². The molecular weight excluding hydrogens is 414 g/mol. The van der Waals surface area contributed by atoms with Gasteiger partial charge >= 0.3 is 0 Å². The predicted molar refractivity (Wildman–Crippen MR) is 98.3 cm³/mol. The van der Waals surface area contributed by atoms with Crippen LogP contribution in [0.4, 0.5) is 0 Å². The summed E-state index contributed by atoms with van der Waals surface area (Å²) in [6.07, 6.45) is 0. The van der Waals surface area contributed by atoms with Crippen molar-refractivity contribution in [1.82, 2.24) is 0 Å². The first kappa shape index (κ1) is 16.5. The third kappa shape index (κ3) is 4.05. The molecule has 0 radical (unpaired) electrons. The lowest BCUT2D eigenvalue weighted by atomic mass is 10.0. The number of benzene rings is 2. The van der Waals surface area contributed by atoms with E-state index >= 15 is 0 Å². The zero-order valence-corrected chi connectivity index (χ0v) is 15.7.